The van der Waals surface area contributed by atoms with Crippen LogP contribution in [-0.2, 0) is 4.79 Å². The maximum absolute atomic E-state index is 13.4. The summed E-state index contributed by atoms with van der Waals surface area (Å²) in [5, 5.41) is 2.94. The first kappa shape index (κ1) is 23.4. The summed E-state index contributed by atoms with van der Waals surface area (Å²) in [5.41, 5.74) is 1.54. The average Bonchev–Trinajstić information content (AvgIpc) is 3.08. The Morgan fingerprint density at radius 1 is 0.906 bits per heavy atom. The molecule has 3 rings (SSSR count). The van der Waals surface area contributed by atoms with Gasteiger partial charge in [-0.15, -0.1) is 0 Å². The van der Waals surface area contributed by atoms with Gasteiger partial charge < -0.3 is 24.6 Å². The van der Waals surface area contributed by atoms with E-state index in [1.165, 1.54) is 7.11 Å². The van der Waals surface area contributed by atoms with Crippen molar-refractivity contribution in [2.24, 2.45) is 5.92 Å². The fourth-order valence-electron chi connectivity index (χ4n) is 3.95. The quantitative estimate of drug-likeness (QED) is 0.717. The van der Waals surface area contributed by atoms with Crippen molar-refractivity contribution in [3.63, 3.8) is 0 Å². The normalized spacial score (nSPS) is 15.2. The molecule has 2 aromatic rings. The highest BCUT2D eigenvalue weighted by atomic mass is 16.5. The number of hydrogen-bond acceptors (Lipinski definition) is 5. The van der Waals surface area contributed by atoms with E-state index in [-0.39, 0.29) is 17.7 Å². The van der Waals surface area contributed by atoms with Gasteiger partial charge >= 0.3 is 0 Å². The van der Waals surface area contributed by atoms with Crippen molar-refractivity contribution in [3.8, 4) is 11.5 Å². The number of ether oxygens (including phenoxy) is 2. The van der Waals surface area contributed by atoms with E-state index in [4.69, 9.17) is 9.47 Å². The van der Waals surface area contributed by atoms with Gasteiger partial charge in [-0.1, -0.05) is 26.0 Å². The summed E-state index contributed by atoms with van der Waals surface area (Å²) >= 11 is 0. The van der Waals surface area contributed by atoms with Gasteiger partial charge in [0.25, 0.3) is 5.91 Å². The molecule has 0 aromatic heterocycles. The zero-order chi connectivity index (χ0) is 23.1. The number of benzene rings is 2. The van der Waals surface area contributed by atoms with Gasteiger partial charge in [0.15, 0.2) is 0 Å². The van der Waals surface area contributed by atoms with Gasteiger partial charge in [0.2, 0.25) is 5.91 Å². The molecule has 1 aliphatic rings. The predicted octanol–water partition coefficient (Wildman–Crippen LogP) is 3.20. The molecule has 0 spiro atoms. The zero-order valence-electron chi connectivity index (χ0n) is 19.3. The van der Waals surface area contributed by atoms with Crippen LogP contribution in [0.4, 0.5) is 5.69 Å². The Hall–Kier alpha value is -3.22. The van der Waals surface area contributed by atoms with E-state index in [2.05, 4.69) is 10.2 Å². The number of carbonyl (C=O) groups excluding carboxylic acids is 2. The van der Waals surface area contributed by atoms with Crippen LogP contribution in [0.15, 0.2) is 48.5 Å². The Bertz CT molecular complexity index is 914. The molecule has 7 heteroatoms. The second kappa shape index (κ2) is 10.9. The highest BCUT2D eigenvalue weighted by Crippen LogP contribution is 2.22. The molecule has 0 radical (unpaired) electrons. The summed E-state index contributed by atoms with van der Waals surface area (Å²) in [7, 11) is 3.19. The SMILES string of the molecule is COc1ccc(N2CCCN(C(=O)C(NC(=O)c3ccccc3OC)C(C)C)CC2)cc1. The Balaban J connectivity index is 1.67. The third-order valence-corrected chi connectivity index (χ3v) is 5.82. The van der Waals surface area contributed by atoms with E-state index in [0.29, 0.717) is 24.4 Å². The van der Waals surface area contributed by atoms with E-state index < -0.39 is 6.04 Å². The highest BCUT2D eigenvalue weighted by Gasteiger charge is 2.30. The lowest BCUT2D eigenvalue weighted by atomic mass is 10.0. The molecular formula is C25H33N3O4. The maximum Gasteiger partial charge on any atom is 0.255 e. The molecule has 0 aliphatic carbocycles. The minimum atomic E-state index is -0.597. The fourth-order valence-corrected chi connectivity index (χ4v) is 3.95. The van der Waals surface area contributed by atoms with E-state index >= 15 is 0 Å². The van der Waals surface area contributed by atoms with Crippen LogP contribution in [-0.4, -0.2) is 63.2 Å². The van der Waals surface area contributed by atoms with Crippen molar-refractivity contribution >= 4 is 17.5 Å². The van der Waals surface area contributed by atoms with Crippen LogP contribution in [0.1, 0.15) is 30.6 Å². The van der Waals surface area contributed by atoms with Crippen molar-refractivity contribution in [2.75, 3.05) is 45.3 Å². The topological polar surface area (TPSA) is 71.1 Å². The smallest absolute Gasteiger partial charge is 0.255 e. The lowest BCUT2D eigenvalue weighted by molar-refractivity contribution is -0.134. The lowest BCUT2D eigenvalue weighted by Crippen LogP contribution is -2.52. The number of para-hydroxylation sites is 1. The maximum atomic E-state index is 13.4. The first-order valence-electron chi connectivity index (χ1n) is 11.1. The summed E-state index contributed by atoms with van der Waals surface area (Å²) in [5.74, 6) is 0.932. The molecule has 1 unspecified atom stereocenters. The molecule has 1 fully saturated rings. The highest BCUT2D eigenvalue weighted by molar-refractivity contribution is 5.99. The Labute approximate surface area is 190 Å². The second-order valence-electron chi connectivity index (χ2n) is 8.26. The van der Waals surface area contributed by atoms with Gasteiger partial charge in [0.05, 0.1) is 19.8 Å². The van der Waals surface area contributed by atoms with Crippen molar-refractivity contribution in [3.05, 3.63) is 54.1 Å². The number of methoxy groups -OCH3 is 2. The van der Waals surface area contributed by atoms with Crippen LogP contribution < -0.4 is 19.7 Å². The van der Waals surface area contributed by atoms with Gasteiger partial charge in [0.1, 0.15) is 17.5 Å². The first-order chi connectivity index (χ1) is 15.4. The molecule has 1 N–H and O–H groups in total. The van der Waals surface area contributed by atoms with Crippen LogP contribution in [0.5, 0.6) is 11.5 Å². The number of anilines is 1. The molecule has 2 amide bonds. The third kappa shape index (κ3) is 5.52. The molecule has 172 valence electrons. The van der Waals surface area contributed by atoms with Crippen molar-refractivity contribution < 1.29 is 19.1 Å². The summed E-state index contributed by atoms with van der Waals surface area (Å²) < 4.78 is 10.5. The standard InChI is InChI=1S/C25H33N3O4/c1-18(2)23(26-24(29)21-8-5-6-9-22(21)32-4)25(30)28-15-7-14-27(16-17-28)19-10-12-20(31-3)13-11-19/h5-6,8-13,18,23H,7,14-17H2,1-4H3,(H,26,29). The van der Waals surface area contributed by atoms with Crippen LogP contribution in [0.25, 0.3) is 0 Å². The largest absolute Gasteiger partial charge is 0.497 e. The second-order valence-corrected chi connectivity index (χ2v) is 8.26. The Morgan fingerprint density at radius 2 is 1.62 bits per heavy atom. The van der Waals surface area contributed by atoms with Crippen LogP contribution >= 0.6 is 0 Å². The van der Waals surface area contributed by atoms with E-state index in [0.717, 1.165) is 30.9 Å². The number of amides is 2. The first-order valence-corrected chi connectivity index (χ1v) is 11.1. The number of carbonyl (C=O) groups is 2. The van der Waals surface area contributed by atoms with E-state index in [1.807, 2.05) is 49.1 Å². The van der Waals surface area contributed by atoms with Gasteiger partial charge in [-0.2, -0.15) is 0 Å². The molecule has 0 bridgehead atoms. The van der Waals surface area contributed by atoms with Crippen LogP contribution in [0, 0.1) is 5.92 Å². The van der Waals surface area contributed by atoms with Crippen molar-refractivity contribution in [2.45, 2.75) is 26.3 Å². The number of hydrogen-bond donors (Lipinski definition) is 1. The van der Waals surface area contributed by atoms with E-state index in [1.54, 1.807) is 25.3 Å². The minimum Gasteiger partial charge on any atom is -0.497 e. The predicted molar refractivity (Wildman–Crippen MR) is 125 cm³/mol. The van der Waals surface area contributed by atoms with Crippen LogP contribution in [0.3, 0.4) is 0 Å². The van der Waals surface area contributed by atoms with Gasteiger partial charge in [-0.3, -0.25) is 9.59 Å². The molecule has 1 heterocycles. The van der Waals surface area contributed by atoms with Gasteiger partial charge in [0, 0.05) is 31.9 Å². The molecule has 32 heavy (non-hydrogen) atoms. The molecule has 1 saturated heterocycles. The summed E-state index contributed by atoms with van der Waals surface area (Å²) in [6, 6.07) is 14.4. The summed E-state index contributed by atoms with van der Waals surface area (Å²) in [6.45, 7) is 6.79. The molecule has 7 nitrogen and oxygen atoms in total. The van der Waals surface area contributed by atoms with Crippen LogP contribution in [0.2, 0.25) is 0 Å². The van der Waals surface area contributed by atoms with Crippen molar-refractivity contribution in [1.82, 2.24) is 10.2 Å². The summed E-state index contributed by atoms with van der Waals surface area (Å²) in [6.07, 6.45) is 0.864. The lowest BCUT2D eigenvalue weighted by Gasteiger charge is -2.29. The molecule has 1 aliphatic heterocycles. The number of nitrogens with zero attached hydrogens (tertiary/aromatic N) is 2. The minimum absolute atomic E-state index is 0.0397. The molecule has 0 saturated carbocycles. The fraction of sp³-hybridized carbons (Fsp3) is 0.440. The molecule has 2 aromatic carbocycles. The average molecular weight is 440 g/mol. The Morgan fingerprint density at radius 3 is 2.28 bits per heavy atom. The van der Waals surface area contributed by atoms with Crippen molar-refractivity contribution in [1.29, 1.82) is 0 Å². The Kier molecular flexibility index (Phi) is 7.98. The number of rotatable bonds is 7. The third-order valence-electron chi connectivity index (χ3n) is 5.82. The summed E-state index contributed by atoms with van der Waals surface area (Å²) in [4.78, 5) is 30.4. The van der Waals surface area contributed by atoms with Gasteiger partial charge in [-0.25, -0.2) is 0 Å². The molecule has 1 atom stereocenters. The molecular weight excluding hydrogens is 406 g/mol. The monoisotopic (exact) mass is 439 g/mol. The number of nitrogens with one attached hydrogen (secondary N) is 1. The van der Waals surface area contributed by atoms with Gasteiger partial charge in [-0.05, 0) is 48.7 Å². The van der Waals surface area contributed by atoms with E-state index in [9.17, 15) is 9.59 Å². The zero-order valence-corrected chi connectivity index (χ0v) is 19.3.